The van der Waals surface area contributed by atoms with Crippen molar-refractivity contribution in [2.45, 2.75) is 25.2 Å². The van der Waals surface area contributed by atoms with E-state index in [1.807, 2.05) is 12.1 Å². The Bertz CT molecular complexity index is 1050. The molecule has 0 spiro atoms. The number of nitrogens with zero attached hydrogens (tertiary/aromatic N) is 1. The molecule has 140 valence electrons. The van der Waals surface area contributed by atoms with Crippen molar-refractivity contribution in [3.05, 3.63) is 82.7 Å². The number of hydrogen-bond acceptors (Lipinski definition) is 5. The molecule has 1 atom stereocenters. The van der Waals surface area contributed by atoms with Crippen LogP contribution in [-0.4, -0.2) is 5.78 Å². The molecule has 0 saturated heterocycles. The molecule has 4 rings (SSSR count). The van der Waals surface area contributed by atoms with Crippen LogP contribution in [0.25, 0.3) is 0 Å². The number of ketones is 1. The van der Waals surface area contributed by atoms with Crippen molar-refractivity contribution < 1.29 is 18.7 Å². The van der Waals surface area contributed by atoms with Crippen LogP contribution in [0, 0.1) is 17.1 Å². The first-order valence-electron chi connectivity index (χ1n) is 8.94. The fourth-order valence-electron chi connectivity index (χ4n) is 3.58. The lowest BCUT2D eigenvalue weighted by Crippen LogP contribution is -2.27. The van der Waals surface area contributed by atoms with E-state index < -0.39 is 11.7 Å². The van der Waals surface area contributed by atoms with E-state index in [0.717, 1.165) is 0 Å². The molecule has 6 heteroatoms. The van der Waals surface area contributed by atoms with Crippen molar-refractivity contribution in [1.82, 2.24) is 0 Å². The second-order valence-corrected chi connectivity index (χ2v) is 6.64. The minimum atomic E-state index is -0.694. The largest absolute Gasteiger partial charge is 0.454 e. The van der Waals surface area contributed by atoms with E-state index in [4.69, 9.17) is 15.2 Å². The first kappa shape index (κ1) is 17.8. The zero-order valence-electron chi connectivity index (χ0n) is 14.9. The molecule has 1 aliphatic carbocycles. The molecule has 0 fully saturated rings. The maximum absolute atomic E-state index is 14.4. The Morgan fingerprint density at radius 1 is 1.18 bits per heavy atom. The summed E-state index contributed by atoms with van der Waals surface area (Å²) in [5, 5.41) is 9.62. The van der Waals surface area contributed by atoms with Gasteiger partial charge in [0, 0.05) is 18.4 Å². The third kappa shape index (κ3) is 3.12. The van der Waals surface area contributed by atoms with Gasteiger partial charge in [0.25, 0.3) is 0 Å². The summed E-state index contributed by atoms with van der Waals surface area (Å²) in [6.45, 7) is 0. The number of ether oxygens (including phenoxy) is 2. The van der Waals surface area contributed by atoms with E-state index in [9.17, 15) is 14.4 Å². The molecular weight excluding hydrogens is 359 g/mol. The van der Waals surface area contributed by atoms with Gasteiger partial charge in [-0.3, -0.25) is 4.79 Å². The molecular formula is C22H17FN2O3. The van der Waals surface area contributed by atoms with Crippen LogP contribution >= 0.6 is 0 Å². The van der Waals surface area contributed by atoms with Crippen molar-refractivity contribution in [1.29, 1.82) is 5.26 Å². The summed E-state index contributed by atoms with van der Waals surface area (Å²) >= 11 is 0. The quantitative estimate of drug-likeness (QED) is 0.856. The summed E-state index contributed by atoms with van der Waals surface area (Å²) < 4.78 is 25.6. The first-order valence-corrected chi connectivity index (χ1v) is 8.94. The SMILES string of the molecule is N#CC1=C(N)OC2=C(C(=O)CCC2)[C@@H]1c1ccc(F)c(Oc2ccccc2)c1. The van der Waals surface area contributed by atoms with Gasteiger partial charge in [0.05, 0.1) is 5.92 Å². The van der Waals surface area contributed by atoms with E-state index in [1.54, 1.807) is 30.3 Å². The fourth-order valence-corrected chi connectivity index (χ4v) is 3.58. The van der Waals surface area contributed by atoms with E-state index in [1.165, 1.54) is 12.1 Å². The van der Waals surface area contributed by atoms with Gasteiger partial charge in [0.1, 0.15) is 23.2 Å². The van der Waals surface area contributed by atoms with Crippen LogP contribution in [0.3, 0.4) is 0 Å². The maximum atomic E-state index is 14.4. The molecule has 2 N–H and O–H groups in total. The molecule has 2 aromatic rings. The molecule has 0 amide bonds. The predicted molar refractivity (Wildman–Crippen MR) is 99.5 cm³/mol. The molecule has 2 aliphatic rings. The number of nitriles is 1. The number of carbonyl (C=O) groups is 1. The Morgan fingerprint density at radius 3 is 2.71 bits per heavy atom. The van der Waals surface area contributed by atoms with Crippen LogP contribution in [0.15, 0.2) is 71.3 Å². The minimum Gasteiger partial charge on any atom is -0.454 e. The molecule has 0 bridgehead atoms. The molecule has 1 heterocycles. The van der Waals surface area contributed by atoms with E-state index in [2.05, 4.69) is 0 Å². The van der Waals surface area contributed by atoms with Gasteiger partial charge in [0.15, 0.2) is 17.3 Å². The number of carbonyl (C=O) groups excluding carboxylic acids is 1. The zero-order valence-corrected chi connectivity index (χ0v) is 14.9. The lowest BCUT2D eigenvalue weighted by Gasteiger charge is -2.31. The number of halogens is 1. The van der Waals surface area contributed by atoms with Gasteiger partial charge in [-0.1, -0.05) is 24.3 Å². The summed E-state index contributed by atoms with van der Waals surface area (Å²) in [4.78, 5) is 12.6. The van der Waals surface area contributed by atoms with E-state index in [0.29, 0.717) is 41.9 Å². The average Bonchev–Trinajstić information content (AvgIpc) is 2.70. The Labute approximate surface area is 161 Å². The highest BCUT2D eigenvalue weighted by Crippen LogP contribution is 2.44. The number of Topliss-reactive ketones (excluding diaryl/α,β-unsaturated/α-hetero) is 1. The molecule has 5 nitrogen and oxygen atoms in total. The Balaban J connectivity index is 1.80. The summed E-state index contributed by atoms with van der Waals surface area (Å²) in [5.74, 6) is -0.351. The van der Waals surface area contributed by atoms with Crippen LogP contribution in [0.2, 0.25) is 0 Å². The summed E-state index contributed by atoms with van der Waals surface area (Å²) in [5.41, 5.74) is 7.07. The molecule has 0 saturated carbocycles. The lowest BCUT2D eigenvalue weighted by molar-refractivity contribution is -0.116. The highest BCUT2D eigenvalue weighted by Gasteiger charge is 2.38. The number of allylic oxidation sites excluding steroid dienone is 3. The van der Waals surface area contributed by atoms with Crippen LogP contribution in [-0.2, 0) is 9.53 Å². The highest BCUT2D eigenvalue weighted by molar-refractivity contribution is 5.99. The second-order valence-electron chi connectivity index (χ2n) is 6.64. The normalized spacial score (nSPS) is 19.0. The lowest BCUT2D eigenvalue weighted by atomic mass is 9.77. The van der Waals surface area contributed by atoms with Gasteiger partial charge in [0.2, 0.25) is 5.88 Å². The van der Waals surface area contributed by atoms with Crippen LogP contribution < -0.4 is 10.5 Å². The van der Waals surface area contributed by atoms with Crippen molar-refractivity contribution >= 4 is 5.78 Å². The monoisotopic (exact) mass is 376 g/mol. The molecule has 0 radical (unpaired) electrons. The number of benzene rings is 2. The highest BCUT2D eigenvalue weighted by atomic mass is 19.1. The number of para-hydroxylation sites is 1. The van der Waals surface area contributed by atoms with Crippen LogP contribution in [0.4, 0.5) is 4.39 Å². The predicted octanol–water partition coefficient (Wildman–Crippen LogP) is 4.43. The standard InChI is InChI=1S/C22H17FN2O3/c23-16-10-9-13(11-19(16)27-14-5-2-1-3-6-14)20-15(12-24)22(25)28-18-8-4-7-17(26)21(18)20/h1-3,5-6,9-11,20H,4,7-8,25H2/t20-/m1/s1. The van der Waals surface area contributed by atoms with E-state index in [-0.39, 0.29) is 23.0 Å². The molecule has 0 aromatic heterocycles. The molecule has 2 aromatic carbocycles. The summed E-state index contributed by atoms with van der Waals surface area (Å²) in [6, 6.07) is 15.2. The second kappa shape index (κ2) is 7.20. The third-order valence-electron chi connectivity index (χ3n) is 4.86. The fraction of sp³-hybridized carbons (Fsp3) is 0.182. The number of nitrogens with two attached hydrogens (primary N) is 1. The smallest absolute Gasteiger partial charge is 0.205 e. The Kier molecular flexibility index (Phi) is 4.58. The van der Waals surface area contributed by atoms with E-state index >= 15 is 0 Å². The average molecular weight is 376 g/mol. The van der Waals surface area contributed by atoms with Gasteiger partial charge < -0.3 is 15.2 Å². The minimum absolute atomic E-state index is 0.0106. The molecule has 1 aliphatic heterocycles. The van der Waals surface area contributed by atoms with Gasteiger partial charge in [-0.25, -0.2) is 4.39 Å². The zero-order chi connectivity index (χ0) is 19.7. The van der Waals surface area contributed by atoms with Crippen LogP contribution in [0.1, 0.15) is 30.7 Å². The van der Waals surface area contributed by atoms with Gasteiger partial charge in [-0.2, -0.15) is 5.26 Å². The summed E-state index contributed by atoms with van der Waals surface area (Å²) in [6.07, 6.45) is 1.63. The molecule has 0 unspecified atom stereocenters. The van der Waals surface area contributed by atoms with Crippen molar-refractivity contribution in [2.24, 2.45) is 5.73 Å². The van der Waals surface area contributed by atoms with Crippen LogP contribution in [0.5, 0.6) is 11.5 Å². The maximum Gasteiger partial charge on any atom is 0.205 e. The van der Waals surface area contributed by atoms with Crippen molar-refractivity contribution in [3.63, 3.8) is 0 Å². The topological polar surface area (TPSA) is 85.3 Å². The molecule has 28 heavy (non-hydrogen) atoms. The van der Waals surface area contributed by atoms with Crippen molar-refractivity contribution in [2.75, 3.05) is 0 Å². The number of rotatable bonds is 3. The summed E-state index contributed by atoms with van der Waals surface area (Å²) in [7, 11) is 0. The third-order valence-corrected chi connectivity index (χ3v) is 4.86. The Hall–Kier alpha value is -3.59. The van der Waals surface area contributed by atoms with Gasteiger partial charge in [-0.05, 0) is 36.2 Å². The van der Waals surface area contributed by atoms with Crippen molar-refractivity contribution in [3.8, 4) is 17.6 Å². The van der Waals surface area contributed by atoms with Gasteiger partial charge >= 0.3 is 0 Å². The van der Waals surface area contributed by atoms with Gasteiger partial charge in [-0.15, -0.1) is 0 Å². The first-order chi connectivity index (χ1) is 13.6. The number of hydrogen-bond donors (Lipinski definition) is 1. The Morgan fingerprint density at radius 2 is 1.96 bits per heavy atom.